The van der Waals surface area contributed by atoms with Crippen molar-refractivity contribution in [2.24, 2.45) is 11.8 Å². The van der Waals surface area contributed by atoms with Crippen LogP contribution in [0.25, 0.3) is 0 Å². The summed E-state index contributed by atoms with van der Waals surface area (Å²) in [5, 5.41) is 10.5. The number of hydrogen-bond donors (Lipinski definition) is 2. The van der Waals surface area contributed by atoms with Crippen LogP contribution in [0.1, 0.15) is 49.1 Å². The minimum Gasteiger partial charge on any atom is -0.356 e. The van der Waals surface area contributed by atoms with Crippen LogP contribution in [0.2, 0.25) is 0 Å². The van der Waals surface area contributed by atoms with Gasteiger partial charge >= 0.3 is 0 Å². The summed E-state index contributed by atoms with van der Waals surface area (Å²) in [5.74, 6) is 1.11. The van der Waals surface area contributed by atoms with Gasteiger partial charge in [0.25, 0.3) is 0 Å². The molecule has 0 saturated heterocycles. The van der Waals surface area contributed by atoms with Crippen molar-refractivity contribution in [1.82, 2.24) is 15.5 Å². The second kappa shape index (κ2) is 5.35. The van der Waals surface area contributed by atoms with E-state index in [0.717, 1.165) is 43.1 Å². The predicted molar refractivity (Wildman–Crippen MR) is 73.8 cm³/mol. The minimum atomic E-state index is 0.144. The van der Waals surface area contributed by atoms with Crippen LogP contribution in [0.3, 0.4) is 0 Å². The van der Waals surface area contributed by atoms with Crippen LogP contribution in [-0.2, 0) is 17.6 Å². The Hall–Kier alpha value is -1.32. The summed E-state index contributed by atoms with van der Waals surface area (Å²) < 4.78 is 0. The molecular weight excluding hydrogens is 238 g/mol. The first kappa shape index (κ1) is 12.7. The maximum Gasteiger partial charge on any atom is 0.223 e. The molecule has 1 heterocycles. The van der Waals surface area contributed by atoms with Crippen LogP contribution in [0.15, 0.2) is 0 Å². The Bertz CT molecular complexity index is 460. The number of H-pyrrole nitrogens is 1. The molecule has 2 aliphatic carbocycles. The van der Waals surface area contributed by atoms with Gasteiger partial charge in [-0.1, -0.05) is 12.8 Å². The van der Waals surface area contributed by atoms with E-state index in [4.69, 9.17) is 0 Å². The normalized spacial score (nSPS) is 23.3. The number of amides is 1. The molecule has 1 amide bonds. The van der Waals surface area contributed by atoms with E-state index < -0.39 is 0 Å². The van der Waals surface area contributed by atoms with Crippen LogP contribution in [-0.4, -0.2) is 22.6 Å². The van der Waals surface area contributed by atoms with Crippen molar-refractivity contribution < 1.29 is 4.79 Å². The molecule has 3 rings (SSSR count). The van der Waals surface area contributed by atoms with E-state index >= 15 is 0 Å². The standard InChI is InChI=1S/C15H23N3O/c1-10-13-8-12(6-7-14(13)18-17-10)15(19)16-9-11-4-2-3-5-11/h11-12H,2-9H2,1H3,(H,16,19)(H,17,18). The van der Waals surface area contributed by atoms with E-state index in [9.17, 15) is 4.79 Å². The van der Waals surface area contributed by atoms with Crippen molar-refractivity contribution in [1.29, 1.82) is 0 Å². The number of aromatic nitrogens is 2. The fraction of sp³-hybridized carbons (Fsp3) is 0.733. The molecule has 1 unspecified atom stereocenters. The molecule has 0 radical (unpaired) electrons. The monoisotopic (exact) mass is 261 g/mol. The molecule has 0 spiro atoms. The molecule has 4 heteroatoms. The highest BCUT2D eigenvalue weighted by molar-refractivity contribution is 5.79. The predicted octanol–water partition coefficient (Wildman–Crippen LogP) is 2.13. The van der Waals surface area contributed by atoms with Gasteiger partial charge in [-0.3, -0.25) is 9.89 Å². The Morgan fingerprint density at radius 3 is 2.95 bits per heavy atom. The van der Waals surface area contributed by atoms with Crippen molar-refractivity contribution in [3.05, 3.63) is 17.0 Å². The minimum absolute atomic E-state index is 0.144. The van der Waals surface area contributed by atoms with Gasteiger partial charge in [-0.2, -0.15) is 5.10 Å². The van der Waals surface area contributed by atoms with Crippen LogP contribution in [0, 0.1) is 18.8 Å². The van der Waals surface area contributed by atoms with Crippen LogP contribution >= 0.6 is 0 Å². The molecular formula is C15H23N3O. The maximum absolute atomic E-state index is 12.3. The van der Waals surface area contributed by atoms with E-state index in [1.54, 1.807) is 0 Å². The molecule has 0 aromatic carbocycles. The van der Waals surface area contributed by atoms with Gasteiger partial charge in [0.2, 0.25) is 5.91 Å². The van der Waals surface area contributed by atoms with Crippen molar-refractivity contribution in [2.75, 3.05) is 6.54 Å². The number of carbonyl (C=O) groups is 1. The van der Waals surface area contributed by atoms with Gasteiger partial charge in [0.1, 0.15) is 0 Å². The number of hydrogen-bond acceptors (Lipinski definition) is 2. The zero-order valence-corrected chi connectivity index (χ0v) is 11.7. The lowest BCUT2D eigenvalue weighted by molar-refractivity contribution is -0.125. The van der Waals surface area contributed by atoms with Crippen LogP contribution in [0.4, 0.5) is 0 Å². The summed E-state index contributed by atoms with van der Waals surface area (Å²) >= 11 is 0. The quantitative estimate of drug-likeness (QED) is 0.875. The Kier molecular flexibility index (Phi) is 3.58. The molecule has 1 aromatic rings. The molecule has 2 N–H and O–H groups in total. The molecule has 4 nitrogen and oxygen atoms in total. The SMILES string of the molecule is Cc1[nH]nc2c1CC(C(=O)NCC1CCCC1)CC2. The van der Waals surface area contributed by atoms with Crippen molar-refractivity contribution in [3.8, 4) is 0 Å². The fourth-order valence-corrected chi connectivity index (χ4v) is 3.47. The summed E-state index contributed by atoms with van der Waals surface area (Å²) in [4.78, 5) is 12.3. The molecule has 1 atom stereocenters. The zero-order valence-electron chi connectivity index (χ0n) is 11.7. The number of rotatable bonds is 3. The number of carbonyl (C=O) groups excluding carboxylic acids is 1. The third-order valence-electron chi connectivity index (χ3n) is 4.75. The van der Waals surface area contributed by atoms with Crippen molar-refractivity contribution >= 4 is 5.91 Å². The molecule has 19 heavy (non-hydrogen) atoms. The van der Waals surface area contributed by atoms with E-state index in [2.05, 4.69) is 15.5 Å². The number of aryl methyl sites for hydroxylation is 2. The topological polar surface area (TPSA) is 57.8 Å². The fourth-order valence-electron chi connectivity index (χ4n) is 3.47. The molecule has 2 aliphatic rings. The molecule has 0 aliphatic heterocycles. The van der Waals surface area contributed by atoms with Crippen molar-refractivity contribution in [2.45, 2.75) is 51.9 Å². The Morgan fingerprint density at radius 2 is 2.16 bits per heavy atom. The number of nitrogens with one attached hydrogen (secondary N) is 2. The Morgan fingerprint density at radius 1 is 1.37 bits per heavy atom. The van der Waals surface area contributed by atoms with Gasteiger partial charge in [-0.25, -0.2) is 0 Å². The molecule has 1 saturated carbocycles. The van der Waals surface area contributed by atoms with Gasteiger partial charge in [0.05, 0.1) is 5.69 Å². The average Bonchev–Trinajstić information content (AvgIpc) is 3.06. The molecule has 1 aromatic heterocycles. The highest BCUT2D eigenvalue weighted by atomic mass is 16.1. The molecule has 104 valence electrons. The van der Waals surface area contributed by atoms with E-state index in [1.165, 1.54) is 31.2 Å². The lowest BCUT2D eigenvalue weighted by Crippen LogP contribution is -2.36. The number of nitrogens with zero attached hydrogens (tertiary/aromatic N) is 1. The smallest absolute Gasteiger partial charge is 0.223 e. The van der Waals surface area contributed by atoms with Gasteiger partial charge in [-0.05, 0) is 50.5 Å². The third kappa shape index (κ3) is 2.67. The van der Waals surface area contributed by atoms with Crippen LogP contribution < -0.4 is 5.32 Å². The maximum atomic E-state index is 12.3. The van der Waals surface area contributed by atoms with Gasteiger partial charge in [-0.15, -0.1) is 0 Å². The summed E-state index contributed by atoms with van der Waals surface area (Å²) in [5.41, 5.74) is 3.56. The highest BCUT2D eigenvalue weighted by Crippen LogP contribution is 2.27. The average molecular weight is 261 g/mol. The number of fused-ring (bicyclic) bond motifs is 1. The zero-order chi connectivity index (χ0) is 13.2. The van der Waals surface area contributed by atoms with Crippen LogP contribution in [0.5, 0.6) is 0 Å². The van der Waals surface area contributed by atoms with Crippen molar-refractivity contribution in [3.63, 3.8) is 0 Å². The van der Waals surface area contributed by atoms with Gasteiger partial charge in [0.15, 0.2) is 0 Å². The first-order valence-electron chi connectivity index (χ1n) is 7.54. The first-order chi connectivity index (χ1) is 9.24. The summed E-state index contributed by atoms with van der Waals surface area (Å²) in [6, 6.07) is 0. The van der Waals surface area contributed by atoms with E-state index in [1.807, 2.05) is 6.92 Å². The van der Waals surface area contributed by atoms with Gasteiger partial charge in [0, 0.05) is 18.2 Å². The largest absolute Gasteiger partial charge is 0.356 e. The third-order valence-corrected chi connectivity index (χ3v) is 4.75. The Balaban J connectivity index is 1.55. The summed E-state index contributed by atoms with van der Waals surface area (Å²) in [6.07, 6.45) is 7.97. The van der Waals surface area contributed by atoms with E-state index in [0.29, 0.717) is 0 Å². The second-order valence-corrected chi connectivity index (χ2v) is 6.11. The Labute approximate surface area is 114 Å². The summed E-state index contributed by atoms with van der Waals surface area (Å²) in [7, 11) is 0. The lowest BCUT2D eigenvalue weighted by Gasteiger charge is -2.22. The summed E-state index contributed by atoms with van der Waals surface area (Å²) in [6.45, 7) is 2.93. The van der Waals surface area contributed by atoms with E-state index in [-0.39, 0.29) is 11.8 Å². The second-order valence-electron chi connectivity index (χ2n) is 6.11. The molecule has 1 fully saturated rings. The number of aromatic amines is 1. The highest BCUT2D eigenvalue weighted by Gasteiger charge is 2.28. The van der Waals surface area contributed by atoms with Gasteiger partial charge < -0.3 is 5.32 Å². The molecule has 0 bridgehead atoms. The first-order valence-corrected chi connectivity index (χ1v) is 7.54. The lowest BCUT2D eigenvalue weighted by atomic mass is 9.86.